The third-order valence-corrected chi connectivity index (χ3v) is 2.75. The van der Waals surface area contributed by atoms with Gasteiger partial charge in [-0.3, -0.25) is 4.90 Å². The van der Waals surface area contributed by atoms with Gasteiger partial charge in [0.15, 0.2) is 0 Å². The molecule has 0 radical (unpaired) electrons. The minimum absolute atomic E-state index is 0.0739. The molecule has 0 unspecified atom stereocenters. The third-order valence-electron chi connectivity index (χ3n) is 2.75. The Labute approximate surface area is 91.3 Å². The lowest BCUT2D eigenvalue weighted by Crippen LogP contribution is -2.19. The lowest BCUT2D eigenvalue weighted by molar-refractivity contribution is 0.126. The number of methoxy groups -OCH3 is 1. The molecule has 1 aromatic carbocycles. The van der Waals surface area contributed by atoms with Gasteiger partial charge in [0.25, 0.3) is 0 Å². The van der Waals surface area contributed by atoms with Crippen LogP contribution in [0.5, 0.6) is 5.75 Å². The van der Waals surface area contributed by atoms with E-state index in [2.05, 4.69) is 13.8 Å². The van der Waals surface area contributed by atoms with E-state index in [9.17, 15) is 0 Å². The predicted molar refractivity (Wildman–Crippen MR) is 61.0 cm³/mol. The van der Waals surface area contributed by atoms with Gasteiger partial charge in [-0.1, -0.05) is 6.07 Å². The van der Waals surface area contributed by atoms with Crippen LogP contribution >= 0.6 is 0 Å². The van der Waals surface area contributed by atoms with Crippen molar-refractivity contribution in [2.45, 2.75) is 20.4 Å². The van der Waals surface area contributed by atoms with Crippen LogP contribution in [0.15, 0.2) is 12.1 Å². The van der Waals surface area contributed by atoms with Gasteiger partial charge >= 0.3 is 0 Å². The second-order valence-electron chi connectivity index (χ2n) is 3.83. The number of aliphatic hydroxyl groups excluding tert-OH is 1. The maximum Gasteiger partial charge on any atom is 0.122 e. The van der Waals surface area contributed by atoms with Crippen LogP contribution in [-0.2, 0) is 6.54 Å². The fourth-order valence-electron chi connectivity index (χ4n) is 1.59. The molecule has 0 spiro atoms. The van der Waals surface area contributed by atoms with Crippen LogP contribution in [0, 0.1) is 13.8 Å². The molecule has 0 fully saturated rings. The monoisotopic (exact) mass is 209 g/mol. The Morgan fingerprint density at radius 3 is 2.47 bits per heavy atom. The molecule has 1 N–H and O–H groups in total. The molecule has 0 aliphatic carbocycles. The van der Waals surface area contributed by atoms with E-state index >= 15 is 0 Å². The molecular formula is C12H19NO2. The first-order valence-corrected chi connectivity index (χ1v) is 5.02. The normalized spacial score (nSPS) is 10.8. The molecule has 0 saturated heterocycles. The molecule has 0 aromatic heterocycles. The van der Waals surface area contributed by atoms with E-state index < -0.39 is 0 Å². The van der Waals surface area contributed by atoms with Gasteiger partial charge in [-0.25, -0.2) is 0 Å². The zero-order valence-corrected chi connectivity index (χ0v) is 9.87. The predicted octanol–water partition coefficient (Wildman–Crippen LogP) is 1.69. The van der Waals surface area contributed by atoms with Gasteiger partial charge in [-0.15, -0.1) is 0 Å². The Balaban J connectivity index is 2.96. The van der Waals surface area contributed by atoms with Crippen molar-refractivity contribution in [1.29, 1.82) is 0 Å². The Hall–Kier alpha value is -1.06. The van der Waals surface area contributed by atoms with E-state index in [1.807, 2.05) is 24.1 Å². The molecule has 0 aliphatic heterocycles. The van der Waals surface area contributed by atoms with E-state index in [1.54, 1.807) is 7.11 Å². The SMILES string of the molecule is COc1ccc(CN(C)CO)c(C)c1C. The molecule has 0 heterocycles. The van der Waals surface area contributed by atoms with Crippen molar-refractivity contribution < 1.29 is 9.84 Å². The molecule has 3 nitrogen and oxygen atoms in total. The molecule has 3 heteroatoms. The van der Waals surface area contributed by atoms with Crippen molar-refractivity contribution in [2.75, 3.05) is 20.9 Å². The van der Waals surface area contributed by atoms with Crippen LogP contribution in [0.3, 0.4) is 0 Å². The van der Waals surface area contributed by atoms with Gasteiger partial charge in [0.2, 0.25) is 0 Å². The summed E-state index contributed by atoms with van der Waals surface area (Å²) >= 11 is 0. The summed E-state index contributed by atoms with van der Waals surface area (Å²) in [5.74, 6) is 0.919. The van der Waals surface area contributed by atoms with Crippen LogP contribution in [0.2, 0.25) is 0 Å². The fraction of sp³-hybridized carbons (Fsp3) is 0.500. The standard InChI is InChI=1S/C12H19NO2/c1-9-10(2)12(15-4)6-5-11(9)7-13(3)8-14/h5-6,14H,7-8H2,1-4H3. The Morgan fingerprint density at radius 2 is 1.93 bits per heavy atom. The Morgan fingerprint density at radius 1 is 1.27 bits per heavy atom. The third kappa shape index (κ3) is 2.70. The first-order chi connectivity index (χ1) is 7.10. The molecule has 84 valence electrons. The van der Waals surface area contributed by atoms with Gasteiger partial charge in [-0.2, -0.15) is 0 Å². The van der Waals surface area contributed by atoms with Crippen molar-refractivity contribution in [3.05, 3.63) is 28.8 Å². The minimum Gasteiger partial charge on any atom is -0.496 e. The van der Waals surface area contributed by atoms with Crippen LogP contribution in [0.1, 0.15) is 16.7 Å². The van der Waals surface area contributed by atoms with Crippen molar-refractivity contribution in [2.24, 2.45) is 0 Å². The quantitative estimate of drug-likeness (QED) is 0.766. The van der Waals surface area contributed by atoms with E-state index in [0.29, 0.717) is 0 Å². The highest BCUT2D eigenvalue weighted by atomic mass is 16.5. The van der Waals surface area contributed by atoms with Crippen molar-refractivity contribution in [3.63, 3.8) is 0 Å². The van der Waals surface area contributed by atoms with E-state index in [0.717, 1.165) is 12.3 Å². The van der Waals surface area contributed by atoms with Gasteiger partial charge in [0.05, 0.1) is 13.8 Å². The molecule has 0 aliphatic rings. The summed E-state index contributed by atoms with van der Waals surface area (Å²) in [6.45, 7) is 4.96. The summed E-state index contributed by atoms with van der Waals surface area (Å²) in [7, 11) is 3.57. The smallest absolute Gasteiger partial charge is 0.122 e. The van der Waals surface area contributed by atoms with Crippen molar-refractivity contribution >= 4 is 0 Å². The van der Waals surface area contributed by atoms with Crippen LogP contribution in [-0.4, -0.2) is 30.9 Å². The lowest BCUT2D eigenvalue weighted by atomic mass is 10.0. The second kappa shape index (κ2) is 5.14. The summed E-state index contributed by atoms with van der Waals surface area (Å²) in [6, 6.07) is 4.02. The van der Waals surface area contributed by atoms with E-state index in [4.69, 9.17) is 9.84 Å². The summed E-state index contributed by atoms with van der Waals surface area (Å²) in [4.78, 5) is 1.86. The zero-order valence-electron chi connectivity index (χ0n) is 9.87. The number of rotatable bonds is 4. The van der Waals surface area contributed by atoms with E-state index in [1.165, 1.54) is 16.7 Å². The first-order valence-electron chi connectivity index (χ1n) is 5.02. The van der Waals surface area contributed by atoms with Crippen LogP contribution in [0.4, 0.5) is 0 Å². The summed E-state index contributed by atoms with van der Waals surface area (Å²) < 4.78 is 5.25. The Kier molecular flexibility index (Phi) is 4.12. The van der Waals surface area contributed by atoms with Gasteiger partial charge < -0.3 is 9.84 Å². The highest BCUT2D eigenvalue weighted by Crippen LogP contribution is 2.24. The average molecular weight is 209 g/mol. The number of hydrogen-bond donors (Lipinski definition) is 1. The molecule has 1 aromatic rings. The molecule has 0 atom stereocenters. The zero-order chi connectivity index (χ0) is 11.4. The number of hydrogen-bond acceptors (Lipinski definition) is 3. The van der Waals surface area contributed by atoms with Crippen molar-refractivity contribution in [1.82, 2.24) is 4.90 Å². The van der Waals surface area contributed by atoms with Gasteiger partial charge in [0, 0.05) is 6.54 Å². The second-order valence-corrected chi connectivity index (χ2v) is 3.83. The highest BCUT2D eigenvalue weighted by molar-refractivity contribution is 5.43. The minimum atomic E-state index is 0.0739. The average Bonchev–Trinajstić information content (AvgIpc) is 2.25. The Bertz CT molecular complexity index is 337. The molecule has 0 saturated carbocycles. The van der Waals surface area contributed by atoms with Gasteiger partial charge in [0.1, 0.15) is 5.75 Å². The molecule has 15 heavy (non-hydrogen) atoms. The summed E-state index contributed by atoms with van der Waals surface area (Å²) in [5.41, 5.74) is 3.63. The van der Waals surface area contributed by atoms with Crippen molar-refractivity contribution in [3.8, 4) is 5.75 Å². The van der Waals surface area contributed by atoms with E-state index in [-0.39, 0.29) is 6.73 Å². The molecular weight excluding hydrogens is 190 g/mol. The summed E-state index contributed by atoms with van der Waals surface area (Å²) in [5, 5.41) is 8.96. The molecule has 0 amide bonds. The molecule has 0 bridgehead atoms. The highest BCUT2D eigenvalue weighted by Gasteiger charge is 2.07. The largest absolute Gasteiger partial charge is 0.496 e. The fourth-order valence-corrected chi connectivity index (χ4v) is 1.59. The molecule has 1 rings (SSSR count). The number of ether oxygens (including phenoxy) is 1. The number of aliphatic hydroxyl groups is 1. The number of benzene rings is 1. The first kappa shape index (κ1) is 12.0. The maximum atomic E-state index is 8.96. The number of nitrogens with zero attached hydrogens (tertiary/aromatic N) is 1. The maximum absolute atomic E-state index is 8.96. The van der Waals surface area contributed by atoms with Crippen LogP contribution in [0.25, 0.3) is 0 Å². The van der Waals surface area contributed by atoms with Crippen LogP contribution < -0.4 is 4.74 Å². The van der Waals surface area contributed by atoms with Gasteiger partial charge in [-0.05, 0) is 43.7 Å². The topological polar surface area (TPSA) is 32.7 Å². The lowest BCUT2D eigenvalue weighted by Gasteiger charge is -2.17. The summed E-state index contributed by atoms with van der Waals surface area (Å²) in [6.07, 6.45) is 0.